The van der Waals surface area contributed by atoms with Crippen LogP contribution in [0.4, 0.5) is 0 Å². The second-order valence-electron chi connectivity index (χ2n) is 6.26. The number of hydrogen-bond donors (Lipinski definition) is 1. The van der Waals surface area contributed by atoms with Gasteiger partial charge >= 0.3 is 0 Å². The van der Waals surface area contributed by atoms with Crippen LogP contribution in [0.5, 0.6) is 0 Å². The van der Waals surface area contributed by atoms with Crippen molar-refractivity contribution in [3.63, 3.8) is 0 Å². The van der Waals surface area contributed by atoms with Crippen LogP contribution in [0.15, 0.2) is 0 Å². The first-order valence-electron chi connectivity index (χ1n) is 6.70. The summed E-state index contributed by atoms with van der Waals surface area (Å²) in [5.74, 6) is 0.739. The topological polar surface area (TPSA) is 24.5 Å². The van der Waals surface area contributed by atoms with Crippen LogP contribution < -0.4 is 5.32 Å². The maximum Gasteiger partial charge on any atom is 0.0634 e. The summed E-state index contributed by atoms with van der Waals surface area (Å²) in [4.78, 5) is 2.25. The predicted octanol–water partition coefficient (Wildman–Crippen LogP) is 2.37. The average molecular weight is 244 g/mol. The molecule has 0 aliphatic carbocycles. The first kappa shape index (κ1) is 16.9. The molecule has 0 aliphatic heterocycles. The summed E-state index contributed by atoms with van der Waals surface area (Å²) < 4.78 is 5.43. The molecule has 0 aromatic rings. The molecule has 0 saturated heterocycles. The van der Waals surface area contributed by atoms with E-state index < -0.39 is 0 Å². The number of nitrogens with zero attached hydrogens (tertiary/aromatic N) is 1. The average Bonchev–Trinajstić information content (AvgIpc) is 2.15. The second kappa shape index (κ2) is 8.06. The summed E-state index contributed by atoms with van der Waals surface area (Å²) >= 11 is 0. The van der Waals surface area contributed by atoms with Crippen LogP contribution in [0.3, 0.4) is 0 Å². The first-order chi connectivity index (χ1) is 7.76. The lowest BCUT2D eigenvalue weighted by atomic mass is 10.0. The lowest BCUT2D eigenvalue weighted by molar-refractivity contribution is 0.0151. The molecule has 104 valence electrons. The Morgan fingerprint density at radius 2 is 1.82 bits per heavy atom. The third kappa shape index (κ3) is 9.57. The van der Waals surface area contributed by atoms with E-state index in [0.717, 1.165) is 25.4 Å². The summed E-state index contributed by atoms with van der Waals surface area (Å²) in [5, 5.41) is 3.65. The number of nitrogens with one attached hydrogen (secondary N) is 1. The largest absolute Gasteiger partial charge is 0.379 e. The molecule has 17 heavy (non-hydrogen) atoms. The van der Waals surface area contributed by atoms with Crippen LogP contribution in [-0.2, 0) is 4.74 Å². The van der Waals surface area contributed by atoms with Crippen LogP contribution in [0, 0.1) is 5.92 Å². The molecule has 0 saturated carbocycles. The van der Waals surface area contributed by atoms with Gasteiger partial charge in [-0.3, -0.25) is 0 Å². The van der Waals surface area contributed by atoms with Gasteiger partial charge in [0.15, 0.2) is 0 Å². The van der Waals surface area contributed by atoms with Crippen molar-refractivity contribution in [3.8, 4) is 0 Å². The zero-order chi connectivity index (χ0) is 13.5. The minimum atomic E-state index is -0.0203. The Morgan fingerprint density at radius 1 is 1.24 bits per heavy atom. The van der Waals surface area contributed by atoms with E-state index in [9.17, 15) is 0 Å². The Bertz CT molecular complexity index is 181. The van der Waals surface area contributed by atoms with Crippen LogP contribution in [0.25, 0.3) is 0 Å². The Labute approximate surface area is 108 Å². The highest BCUT2D eigenvalue weighted by Gasteiger charge is 2.17. The van der Waals surface area contributed by atoms with Crippen molar-refractivity contribution in [2.45, 2.75) is 52.2 Å². The van der Waals surface area contributed by atoms with Gasteiger partial charge in [0, 0.05) is 19.7 Å². The van der Waals surface area contributed by atoms with Gasteiger partial charge in [-0.25, -0.2) is 0 Å². The zero-order valence-electron chi connectivity index (χ0n) is 12.8. The third-order valence-electron chi connectivity index (χ3n) is 3.05. The van der Waals surface area contributed by atoms with E-state index in [2.05, 4.69) is 52.0 Å². The van der Waals surface area contributed by atoms with Crippen LogP contribution in [0.2, 0.25) is 0 Å². The molecule has 0 amide bonds. The highest BCUT2D eigenvalue weighted by atomic mass is 16.5. The Kier molecular flexibility index (Phi) is 8.01. The van der Waals surface area contributed by atoms with Crippen molar-refractivity contribution in [3.05, 3.63) is 0 Å². The SMILES string of the molecule is COC(C)(C)CCNC(CC(C)C)CN(C)C. The molecule has 0 radical (unpaired) electrons. The van der Waals surface area contributed by atoms with E-state index in [1.165, 1.54) is 6.42 Å². The molecule has 3 heteroatoms. The number of likely N-dealkylation sites (N-methyl/N-ethyl adjacent to an activating group) is 1. The summed E-state index contributed by atoms with van der Waals surface area (Å²) in [6, 6.07) is 0.581. The number of ether oxygens (including phenoxy) is 1. The van der Waals surface area contributed by atoms with Gasteiger partial charge in [0.25, 0.3) is 0 Å². The molecule has 0 aromatic heterocycles. The normalized spacial score (nSPS) is 14.6. The lowest BCUT2D eigenvalue weighted by Crippen LogP contribution is -2.41. The molecule has 0 bridgehead atoms. The minimum absolute atomic E-state index is 0.0203. The molecule has 0 aromatic carbocycles. The number of hydrogen-bond acceptors (Lipinski definition) is 3. The fourth-order valence-corrected chi connectivity index (χ4v) is 1.91. The van der Waals surface area contributed by atoms with Gasteiger partial charge in [-0.2, -0.15) is 0 Å². The molecule has 1 unspecified atom stereocenters. The van der Waals surface area contributed by atoms with Gasteiger partial charge in [0.05, 0.1) is 5.60 Å². The highest BCUT2D eigenvalue weighted by molar-refractivity contribution is 4.75. The van der Waals surface area contributed by atoms with Gasteiger partial charge in [-0.1, -0.05) is 13.8 Å². The maximum atomic E-state index is 5.43. The monoisotopic (exact) mass is 244 g/mol. The second-order valence-corrected chi connectivity index (χ2v) is 6.26. The number of methoxy groups -OCH3 is 1. The van der Waals surface area contributed by atoms with Crippen molar-refractivity contribution >= 4 is 0 Å². The summed E-state index contributed by atoms with van der Waals surface area (Å²) in [6.45, 7) is 11.0. The molecule has 1 N–H and O–H groups in total. The van der Waals surface area contributed by atoms with Gasteiger partial charge in [-0.15, -0.1) is 0 Å². The van der Waals surface area contributed by atoms with E-state index in [-0.39, 0.29) is 5.60 Å². The molecule has 0 aliphatic rings. The Morgan fingerprint density at radius 3 is 2.24 bits per heavy atom. The van der Waals surface area contributed by atoms with Gasteiger partial charge in [0.2, 0.25) is 0 Å². The standard InChI is InChI=1S/C14H32N2O/c1-12(2)10-13(11-16(5)6)15-9-8-14(3,4)17-7/h12-13,15H,8-11H2,1-7H3. The molecular formula is C14H32N2O. The van der Waals surface area contributed by atoms with E-state index in [1.54, 1.807) is 7.11 Å². The van der Waals surface area contributed by atoms with Gasteiger partial charge < -0.3 is 15.0 Å². The predicted molar refractivity (Wildman–Crippen MR) is 75.5 cm³/mol. The Balaban J connectivity index is 3.99. The van der Waals surface area contributed by atoms with Gasteiger partial charge in [0.1, 0.15) is 0 Å². The summed E-state index contributed by atoms with van der Waals surface area (Å²) in [6.07, 6.45) is 2.27. The Hall–Kier alpha value is -0.120. The van der Waals surface area contributed by atoms with Crippen molar-refractivity contribution < 1.29 is 4.74 Å². The van der Waals surface area contributed by atoms with Crippen molar-refractivity contribution in [2.24, 2.45) is 5.92 Å². The van der Waals surface area contributed by atoms with E-state index in [4.69, 9.17) is 4.74 Å². The summed E-state index contributed by atoms with van der Waals surface area (Å²) in [5.41, 5.74) is -0.0203. The molecule has 0 fully saturated rings. The molecule has 0 spiro atoms. The molecular weight excluding hydrogens is 212 g/mol. The molecule has 0 rings (SSSR count). The summed E-state index contributed by atoms with van der Waals surface area (Å²) in [7, 11) is 6.05. The lowest BCUT2D eigenvalue weighted by Gasteiger charge is -2.27. The highest BCUT2D eigenvalue weighted by Crippen LogP contribution is 2.12. The zero-order valence-corrected chi connectivity index (χ0v) is 12.8. The van der Waals surface area contributed by atoms with Crippen LogP contribution in [-0.4, -0.2) is 50.8 Å². The van der Waals surface area contributed by atoms with E-state index in [1.807, 2.05) is 0 Å². The van der Waals surface area contributed by atoms with Crippen molar-refractivity contribution in [2.75, 3.05) is 34.3 Å². The van der Waals surface area contributed by atoms with Crippen LogP contribution in [0.1, 0.15) is 40.5 Å². The third-order valence-corrected chi connectivity index (χ3v) is 3.05. The fraction of sp³-hybridized carbons (Fsp3) is 1.00. The molecule has 3 nitrogen and oxygen atoms in total. The minimum Gasteiger partial charge on any atom is -0.379 e. The quantitative estimate of drug-likeness (QED) is 0.674. The van der Waals surface area contributed by atoms with E-state index >= 15 is 0 Å². The van der Waals surface area contributed by atoms with Gasteiger partial charge in [-0.05, 0) is 53.2 Å². The van der Waals surface area contributed by atoms with Crippen molar-refractivity contribution in [1.82, 2.24) is 10.2 Å². The first-order valence-corrected chi connectivity index (χ1v) is 6.70. The molecule has 1 atom stereocenters. The number of rotatable bonds is 9. The maximum absolute atomic E-state index is 5.43. The van der Waals surface area contributed by atoms with E-state index in [0.29, 0.717) is 6.04 Å². The van der Waals surface area contributed by atoms with Crippen molar-refractivity contribution in [1.29, 1.82) is 0 Å². The van der Waals surface area contributed by atoms with Crippen LogP contribution >= 0.6 is 0 Å². The smallest absolute Gasteiger partial charge is 0.0634 e. The fourth-order valence-electron chi connectivity index (χ4n) is 1.91. The molecule has 0 heterocycles.